The SMILES string of the molecule is COC(=O)c1ccc(OCC(C2CCCCC2)C2(c3ccc(Cl)cc3)Nc3cc(F)c(F)cc3N2)c(C(F)(F)F)c1. The van der Waals surface area contributed by atoms with E-state index in [0.717, 1.165) is 57.4 Å². The second-order valence-corrected chi connectivity index (χ2v) is 10.8. The molecule has 0 bridgehead atoms. The van der Waals surface area contributed by atoms with Gasteiger partial charge in [-0.25, -0.2) is 13.6 Å². The summed E-state index contributed by atoms with van der Waals surface area (Å²) in [6.07, 6.45) is -0.338. The number of anilines is 2. The zero-order valence-corrected chi connectivity index (χ0v) is 22.8. The van der Waals surface area contributed by atoms with Crippen molar-refractivity contribution < 1.29 is 36.2 Å². The summed E-state index contributed by atoms with van der Waals surface area (Å²) in [7, 11) is 1.09. The van der Waals surface area contributed by atoms with Gasteiger partial charge in [0, 0.05) is 23.1 Å². The van der Waals surface area contributed by atoms with E-state index in [4.69, 9.17) is 16.3 Å². The standard InChI is InChI=1S/C30H28ClF5N2O3/c1-40-28(39)18-7-12-27(21(13-18)30(34,35)36)41-16-22(17-5-3-2-4-6-17)29(19-8-10-20(31)11-9-19)37-25-14-23(32)24(33)15-26(25)38-29/h7-15,17,22,37-38H,2-6,16H2,1H3. The van der Waals surface area contributed by atoms with Gasteiger partial charge in [-0.3, -0.25) is 0 Å². The summed E-state index contributed by atoms with van der Waals surface area (Å²) in [5.41, 5.74) is -1.24. The number of hydrogen-bond donors (Lipinski definition) is 2. The third-order valence-corrected chi connectivity index (χ3v) is 8.18. The zero-order valence-electron chi connectivity index (χ0n) is 22.1. The first-order chi connectivity index (χ1) is 19.5. The van der Waals surface area contributed by atoms with E-state index in [1.807, 2.05) is 0 Å². The molecular weight excluding hydrogens is 567 g/mol. The molecule has 0 aromatic heterocycles. The van der Waals surface area contributed by atoms with Crippen LogP contribution in [0, 0.1) is 23.5 Å². The molecule has 1 fully saturated rings. The molecule has 5 rings (SSSR count). The molecule has 218 valence electrons. The summed E-state index contributed by atoms with van der Waals surface area (Å²) in [6, 6.07) is 12.0. The molecule has 1 unspecified atom stereocenters. The molecule has 1 aliphatic heterocycles. The van der Waals surface area contributed by atoms with Gasteiger partial charge < -0.3 is 20.1 Å². The van der Waals surface area contributed by atoms with Crippen molar-refractivity contribution in [1.82, 2.24) is 0 Å². The zero-order chi connectivity index (χ0) is 29.4. The minimum absolute atomic E-state index is 0.00730. The highest BCUT2D eigenvalue weighted by molar-refractivity contribution is 6.30. The maximum atomic E-state index is 14.3. The van der Waals surface area contributed by atoms with Crippen LogP contribution in [-0.4, -0.2) is 19.7 Å². The molecular formula is C30H28ClF5N2O3. The number of fused-ring (bicyclic) bond motifs is 1. The minimum Gasteiger partial charge on any atom is -0.492 e. The maximum absolute atomic E-state index is 14.3. The van der Waals surface area contributed by atoms with Crippen LogP contribution in [0.3, 0.4) is 0 Å². The number of carbonyl (C=O) groups is 1. The van der Waals surface area contributed by atoms with E-state index in [9.17, 15) is 26.7 Å². The van der Waals surface area contributed by atoms with Gasteiger partial charge in [0.05, 0.1) is 36.2 Å². The quantitative estimate of drug-likeness (QED) is 0.212. The van der Waals surface area contributed by atoms with Gasteiger partial charge in [-0.1, -0.05) is 43.0 Å². The van der Waals surface area contributed by atoms with Crippen LogP contribution in [-0.2, 0) is 16.6 Å². The second-order valence-electron chi connectivity index (χ2n) is 10.4. The third-order valence-electron chi connectivity index (χ3n) is 7.92. The predicted octanol–water partition coefficient (Wildman–Crippen LogP) is 8.39. The van der Waals surface area contributed by atoms with Gasteiger partial charge in [0.2, 0.25) is 0 Å². The highest BCUT2D eigenvalue weighted by Crippen LogP contribution is 2.50. The van der Waals surface area contributed by atoms with Crippen molar-refractivity contribution in [3.63, 3.8) is 0 Å². The Hall–Kier alpha value is -3.53. The molecule has 0 amide bonds. The van der Waals surface area contributed by atoms with Crippen LogP contribution in [0.2, 0.25) is 5.02 Å². The first-order valence-electron chi connectivity index (χ1n) is 13.3. The van der Waals surface area contributed by atoms with Crippen LogP contribution in [0.1, 0.15) is 53.6 Å². The molecule has 1 atom stereocenters. The fraction of sp³-hybridized carbons (Fsp3) is 0.367. The maximum Gasteiger partial charge on any atom is 0.419 e. The second kappa shape index (κ2) is 11.4. The summed E-state index contributed by atoms with van der Waals surface area (Å²) in [4.78, 5) is 11.9. The van der Waals surface area contributed by atoms with Crippen molar-refractivity contribution in [3.8, 4) is 5.75 Å². The van der Waals surface area contributed by atoms with Gasteiger partial charge in [-0.05, 0) is 54.7 Å². The Morgan fingerprint density at radius 1 is 0.976 bits per heavy atom. The molecule has 0 spiro atoms. The van der Waals surface area contributed by atoms with E-state index in [-0.39, 0.29) is 18.1 Å². The van der Waals surface area contributed by atoms with Crippen LogP contribution in [0.4, 0.5) is 33.3 Å². The van der Waals surface area contributed by atoms with Crippen molar-refractivity contribution in [2.45, 2.75) is 43.9 Å². The lowest BCUT2D eigenvalue weighted by molar-refractivity contribution is -0.139. The Bertz CT molecular complexity index is 1390. The molecule has 1 aliphatic carbocycles. The van der Waals surface area contributed by atoms with E-state index >= 15 is 0 Å². The van der Waals surface area contributed by atoms with E-state index in [1.54, 1.807) is 24.3 Å². The van der Waals surface area contributed by atoms with E-state index in [0.29, 0.717) is 28.0 Å². The van der Waals surface area contributed by atoms with Crippen molar-refractivity contribution >= 4 is 28.9 Å². The van der Waals surface area contributed by atoms with Gasteiger partial charge in [-0.15, -0.1) is 0 Å². The Morgan fingerprint density at radius 2 is 1.59 bits per heavy atom. The first kappa shape index (κ1) is 29.0. The summed E-state index contributed by atoms with van der Waals surface area (Å²) in [5, 5.41) is 7.15. The molecule has 5 nitrogen and oxygen atoms in total. The average molecular weight is 595 g/mol. The van der Waals surface area contributed by atoms with Gasteiger partial charge >= 0.3 is 12.1 Å². The number of rotatable bonds is 7. The summed E-state index contributed by atoms with van der Waals surface area (Å²) in [6.45, 7) is -0.174. The Kier molecular flexibility index (Phi) is 8.05. The van der Waals surface area contributed by atoms with Crippen molar-refractivity contribution in [3.05, 3.63) is 87.9 Å². The molecule has 1 heterocycles. The number of methoxy groups -OCH3 is 1. The number of alkyl halides is 3. The number of hydrogen-bond acceptors (Lipinski definition) is 5. The monoisotopic (exact) mass is 594 g/mol. The molecule has 3 aromatic rings. The number of carbonyl (C=O) groups excluding carboxylic acids is 1. The summed E-state index contributed by atoms with van der Waals surface area (Å²) in [5.74, 6) is -3.91. The molecule has 11 heteroatoms. The van der Waals surface area contributed by atoms with Gasteiger partial charge in [0.25, 0.3) is 0 Å². The van der Waals surface area contributed by atoms with Gasteiger partial charge in [0.1, 0.15) is 11.4 Å². The number of halogens is 6. The van der Waals surface area contributed by atoms with E-state index in [2.05, 4.69) is 15.4 Å². The molecule has 2 aliphatic rings. The average Bonchev–Trinajstić information content (AvgIpc) is 3.32. The van der Waals surface area contributed by atoms with Crippen LogP contribution in [0.5, 0.6) is 5.75 Å². The van der Waals surface area contributed by atoms with E-state index < -0.39 is 46.7 Å². The largest absolute Gasteiger partial charge is 0.492 e. The minimum atomic E-state index is -4.80. The number of benzene rings is 3. The fourth-order valence-electron chi connectivity index (χ4n) is 5.92. The van der Waals surface area contributed by atoms with Crippen LogP contribution in [0.15, 0.2) is 54.6 Å². The van der Waals surface area contributed by atoms with E-state index in [1.165, 1.54) is 6.07 Å². The predicted molar refractivity (Wildman–Crippen MR) is 145 cm³/mol. The molecule has 0 radical (unpaired) electrons. The van der Waals surface area contributed by atoms with Crippen LogP contribution >= 0.6 is 11.6 Å². The Labute approximate surface area is 239 Å². The Morgan fingerprint density at radius 3 is 2.15 bits per heavy atom. The van der Waals surface area contributed by atoms with Gasteiger partial charge in [0.15, 0.2) is 11.6 Å². The van der Waals surface area contributed by atoms with Crippen LogP contribution < -0.4 is 15.4 Å². The van der Waals surface area contributed by atoms with Crippen LogP contribution in [0.25, 0.3) is 0 Å². The highest BCUT2D eigenvalue weighted by atomic mass is 35.5. The fourth-order valence-corrected chi connectivity index (χ4v) is 6.05. The topological polar surface area (TPSA) is 59.6 Å². The lowest BCUT2D eigenvalue weighted by atomic mass is 9.72. The van der Waals surface area contributed by atoms with Crippen molar-refractivity contribution in [2.75, 3.05) is 24.4 Å². The first-order valence-corrected chi connectivity index (χ1v) is 13.6. The number of nitrogens with one attached hydrogen (secondary N) is 2. The molecule has 3 aromatic carbocycles. The van der Waals surface area contributed by atoms with Gasteiger partial charge in [-0.2, -0.15) is 13.2 Å². The third kappa shape index (κ3) is 5.80. The normalized spacial score (nSPS) is 17.2. The van der Waals surface area contributed by atoms with Crippen molar-refractivity contribution in [2.24, 2.45) is 11.8 Å². The summed E-state index contributed by atoms with van der Waals surface area (Å²) >= 11 is 6.17. The molecule has 1 saturated carbocycles. The summed E-state index contributed by atoms with van der Waals surface area (Å²) < 4.78 is 81.2. The molecule has 41 heavy (non-hydrogen) atoms. The number of ether oxygens (including phenoxy) is 2. The Balaban J connectivity index is 1.58. The van der Waals surface area contributed by atoms with Crippen molar-refractivity contribution in [1.29, 1.82) is 0 Å². The molecule has 2 N–H and O–H groups in total. The lowest BCUT2D eigenvalue weighted by Crippen LogP contribution is -2.51. The number of esters is 1. The highest BCUT2D eigenvalue weighted by Gasteiger charge is 2.49. The lowest BCUT2D eigenvalue weighted by Gasteiger charge is -2.44. The smallest absolute Gasteiger partial charge is 0.419 e. The molecule has 0 saturated heterocycles.